The van der Waals surface area contributed by atoms with Crippen molar-refractivity contribution in [1.82, 2.24) is 19.9 Å². The number of carbonyl (C=O) groups is 1. The van der Waals surface area contributed by atoms with Gasteiger partial charge in [-0.2, -0.15) is 4.98 Å². The second-order valence-electron chi connectivity index (χ2n) is 6.06. The van der Waals surface area contributed by atoms with Crippen LogP contribution in [0.25, 0.3) is 11.1 Å². The lowest BCUT2D eigenvalue weighted by molar-refractivity contribution is -0.131. The van der Waals surface area contributed by atoms with Gasteiger partial charge in [-0.05, 0) is 19.1 Å². The average Bonchev–Trinajstić information content (AvgIpc) is 2.61. The molecule has 0 bridgehead atoms. The van der Waals surface area contributed by atoms with Crippen LogP contribution >= 0.6 is 0 Å². The molecule has 2 aromatic rings. The number of hydrogen-bond acceptors (Lipinski definition) is 7. The SMILES string of the molecule is CCC(=O)N1CCN(c2nc(N)nc(C)c2-c2ccc(N)nc2)CC1. The maximum atomic E-state index is 11.9. The highest BCUT2D eigenvalue weighted by atomic mass is 16.2. The molecule has 1 aliphatic rings. The molecule has 0 aromatic carbocycles. The maximum absolute atomic E-state index is 11.9. The summed E-state index contributed by atoms with van der Waals surface area (Å²) in [5.74, 6) is 1.67. The summed E-state index contributed by atoms with van der Waals surface area (Å²) >= 11 is 0. The fourth-order valence-corrected chi connectivity index (χ4v) is 3.09. The Morgan fingerprint density at radius 3 is 2.48 bits per heavy atom. The topological polar surface area (TPSA) is 114 Å². The van der Waals surface area contributed by atoms with Gasteiger partial charge in [-0.15, -0.1) is 0 Å². The highest BCUT2D eigenvalue weighted by molar-refractivity contribution is 5.79. The molecule has 3 heterocycles. The zero-order chi connectivity index (χ0) is 18.0. The van der Waals surface area contributed by atoms with Crippen LogP contribution in [0.15, 0.2) is 18.3 Å². The Hall–Kier alpha value is -2.90. The van der Waals surface area contributed by atoms with Crippen LogP contribution in [-0.2, 0) is 4.79 Å². The summed E-state index contributed by atoms with van der Waals surface area (Å²) in [5.41, 5.74) is 14.2. The van der Waals surface area contributed by atoms with Gasteiger partial charge in [0.05, 0.1) is 5.69 Å². The van der Waals surface area contributed by atoms with E-state index in [2.05, 4.69) is 19.9 Å². The first-order chi connectivity index (χ1) is 12.0. The van der Waals surface area contributed by atoms with Crippen LogP contribution in [-0.4, -0.2) is 51.9 Å². The van der Waals surface area contributed by atoms with Crippen molar-refractivity contribution < 1.29 is 4.79 Å². The van der Waals surface area contributed by atoms with Crippen molar-refractivity contribution in [1.29, 1.82) is 0 Å². The number of nitrogen functional groups attached to an aromatic ring is 2. The number of rotatable bonds is 3. The minimum Gasteiger partial charge on any atom is -0.384 e. The largest absolute Gasteiger partial charge is 0.384 e. The van der Waals surface area contributed by atoms with Gasteiger partial charge >= 0.3 is 0 Å². The van der Waals surface area contributed by atoms with E-state index in [1.165, 1.54) is 0 Å². The van der Waals surface area contributed by atoms with Crippen molar-refractivity contribution in [2.45, 2.75) is 20.3 Å². The fourth-order valence-electron chi connectivity index (χ4n) is 3.09. The number of pyridine rings is 1. The van der Waals surface area contributed by atoms with Crippen LogP contribution in [0, 0.1) is 6.92 Å². The molecule has 1 amide bonds. The normalized spacial score (nSPS) is 14.6. The van der Waals surface area contributed by atoms with Gasteiger partial charge in [0.15, 0.2) is 0 Å². The van der Waals surface area contributed by atoms with Gasteiger partial charge < -0.3 is 21.3 Å². The van der Waals surface area contributed by atoms with E-state index < -0.39 is 0 Å². The molecule has 0 aliphatic carbocycles. The smallest absolute Gasteiger partial charge is 0.222 e. The van der Waals surface area contributed by atoms with E-state index in [1.54, 1.807) is 12.3 Å². The van der Waals surface area contributed by atoms with E-state index >= 15 is 0 Å². The van der Waals surface area contributed by atoms with Crippen molar-refractivity contribution in [3.05, 3.63) is 24.0 Å². The Bertz CT molecular complexity index is 767. The predicted octanol–water partition coefficient (Wildman–Crippen LogP) is 1.07. The number of piperazine rings is 1. The molecular formula is C17H23N7O. The molecular weight excluding hydrogens is 318 g/mol. The van der Waals surface area contributed by atoms with Crippen LogP contribution in [0.4, 0.5) is 17.6 Å². The van der Waals surface area contributed by atoms with Crippen LogP contribution < -0.4 is 16.4 Å². The van der Waals surface area contributed by atoms with Gasteiger partial charge in [-0.1, -0.05) is 6.92 Å². The van der Waals surface area contributed by atoms with Gasteiger partial charge in [0.25, 0.3) is 0 Å². The van der Waals surface area contributed by atoms with Gasteiger partial charge in [-0.3, -0.25) is 4.79 Å². The maximum Gasteiger partial charge on any atom is 0.222 e. The van der Waals surface area contributed by atoms with Crippen LogP contribution in [0.2, 0.25) is 0 Å². The molecule has 1 saturated heterocycles. The number of anilines is 3. The van der Waals surface area contributed by atoms with Crippen molar-refractivity contribution >= 4 is 23.5 Å². The van der Waals surface area contributed by atoms with Gasteiger partial charge in [0.2, 0.25) is 11.9 Å². The molecule has 8 nitrogen and oxygen atoms in total. The monoisotopic (exact) mass is 341 g/mol. The second-order valence-corrected chi connectivity index (χ2v) is 6.06. The van der Waals surface area contributed by atoms with Crippen molar-refractivity contribution in [2.75, 3.05) is 42.5 Å². The third-order valence-corrected chi connectivity index (χ3v) is 4.40. The van der Waals surface area contributed by atoms with Gasteiger partial charge in [0, 0.05) is 49.9 Å². The molecule has 0 radical (unpaired) electrons. The predicted molar refractivity (Wildman–Crippen MR) is 97.9 cm³/mol. The van der Waals surface area contributed by atoms with E-state index in [0.29, 0.717) is 38.4 Å². The summed E-state index contributed by atoms with van der Waals surface area (Å²) in [6.07, 6.45) is 2.25. The summed E-state index contributed by atoms with van der Waals surface area (Å²) in [4.78, 5) is 28.9. The molecule has 1 fully saturated rings. The molecule has 0 unspecified atom stereocenters. The van der Waals surface area contributed by atoms with E-state index in [0.717, 1.165) is 22.6 Å². The lowest BCUT2D eigenvalue weighted by Crippen LogP contribution is -2.49. The molecule has 4 N–H and O–H groups in total. The summed E-state index contributed by atoms with van der Waals surface area (Å²) < 4.78 is 0. The molecule has 8 heteroatoms. The molecule has 25 heavy (non-hydrogen) atoms. The highest BCUT2D eigenvalue weighted by Crippen LogP contribution is 2.32. The molecule has 1 aliphatic heterocycles. The average molecular weight is 341 g/mol. The number of hydrogen-bond donors (Lipinski definition) is 2. The Kier molecular flexibility index (Phi) is 4.69. The van der Waals surface area contributed by atoms with Crippen LogP contribution in [0.5, 0.6) is 0 Å². The Labute approximate surface area is 146 Å². The van der Waals surface area contributed by atoms with E-state index in [9.17, 15) is 4.79 Å². The lowest BCUT2D eigenvalue weighted by atomic mass is 10.1. The second kappa shape index (κ2) is 6.92. The lowest BCUT2D eigenvalue weighted by Gasteiger charge is -2.36. The van der Waals surface area contributed by atoms with Crippen molar-refractivity contribution in [3.63, 3.8) is 0 Å². The standard InChI is InChI=1S/C17H23N7O/c1-3-14(25)23-6-8-24(9-7-23)16-15(11(2)21-17(19)22-16)12-4-5-13(18)20-10-12/h4-5,10H,3,6-9H2,1-2H3,(H2,18,20)(H2,19,21,22). The Morgan fingerprint density at radius 1 is 1.16 bits per heavy atom. The number of amides is 1. The first kappa shape index (κ1) is 16.9. The summed E-state index contributed by atoms with van der Waals surface area (Å²) in [7, 11) is 0. The molecule has 0 spiro atoms. The number of aryl methyl sites for hydroxylation is 1. The Morgan fingerprint density at radius 2 is 1.88 bits per heavy atom. The zero-order valence-corrected chi connectivity index (χ0v) is 14.6. The highest BCUT2D eigenvalue weighted by Gasteiger charge is 2.24. The summed E-state index contributed by atoms with van der Waals surface area (Å²) in [6, 6.07) is 3.66. The van der Waals surface area contributed by atoms with E-state index in [4.69, 9.17) is 11.5 Å². The minimum atomic E-state index is 0.181. The third kappa shape index (κ3) is 3.47. The quantitative estimate of drug-likeness (QED) is 0.858. The van der Waals surface area contributed by atoms with E-state index in [-0.39, 0.29) is 11.9 Å². The minimum absolute atomic E-state index is 0.181. The first-order valence-corrected chi connectivity index (χ1v) is 8.38. The van der Waals surface area contributed by atoms with Crippen molar-refractivity contribution in [2.24, 2.45) is 0 Å². The zero-order valence-electron chi connectivity index (χ0n) is 14.6. The van der Waals surface area contributed by atoms with Crippen LogP contribution in [0.3, 0.4) is 0 Å². The summed E-state index contributed by atoms with van der Waals surface area (Å²) in [5, 5.41) is 0. The van der Waals surface area contributed by atoms with Gasteiger partial charge in [-0.25, -0.2) is 9.97 Å². The Balaban J connectivity index is 1.94. The molecule has 132 valence electrons. The van der Waals surface area contributed by atoms with Crippen molar-refractivity contribution in [3.8, 4) is 11.1 Å². The number of aromatic nitrogens is 3. The molecule has 3 rings (SSSR count). The molecule has 2 aromatic heterocycles. The van der Waals surface area contributed by atoms with E-state index in [1.807, 2.05) is 24.8 Å². The first-order valence-electron chi connectivity index (χ1n) is 8.38. The fraction of sp³-hybridized carbons (Fsp3) is 0.412. The molecule has 0 atom stereocenters. The van der Waals surface area contributed by atoms with Gasteiger partial charge in [0.1, 0.15) is 11.6 Å². The third-order valence-electron chi connectivity index (χ3n) is 4.40. The number of nitrogens with zero attached hydrogens (tertiary/aromatic N) is 5. The summed E-state index contributed by atoms with van der Waals surface area (Å²) in [6.45, 7) is 6.55. The van der Waals surface area contributed by atoms with Crippen LogP contribution in [0.1, 0.15) is 19.0 Å². The number of carbonyl (C=O) groups excluding carboxylic acids is 1. The number of nitrogens with two attached hydrogens (primary N) is 2. The molecule has 0 saturated carbocycles.